The summed E-state index contributed by atoms with van der Waals surface area (Å²) in [4.78, 5) is 22.6. The first-order chi connectivity index (χ1) is 7.96. The summed E-state index contributed by atoms with van der Waals surface area (Å²) < 4.78 is 0.668. The third-order valence-electron chi connectivity index (χ3n) is 3.04. The zero-order valence-electron chi connectivity index (χ0n) is 9.59. The van der Waals surface area contributed by atoms with Gasteiger partial charge in [-0.1, -0.05) is 35.4 Å². The van der Waals surface area contributed by atoms with E-state index in [1.54, 1.807) is 0 Å². The van der Waals surface area contributed by atoms with Gasteiger partial charge in [0.25, 0.3) is 0 Å². The molecule has 0 aromatic rings. The summed E-state index contributed by atoms with van der Waals surface area (Å²) in [6.45, 7) is 4.10. The van der Waals surface area contributed by atoms with Crippen molar-refractivity contribution < 1.29 is 14.7 Å². The highest BCUT2D eigenvalue weighted by Gasteiger charge is 2.41. The molecule has 5 nitrogen and oxygen atoms in total. The molecule has 0 unspecified atom stereocenters. The number of carboxylic acids is 1. The number of carbonyl (C=O) groups is 2. The first-order valence-corrected chi connectivity index (χ1v) is 6.34. The van der Waals surface area contributed by atoms with Gasteiger partial charge in [-0.25, -0.2) is 4.79 Å². The molecule has 0 radical (unpaired) electrons. The highest BCUT2D eigenvalue weighted by molar-refractivity contribution is 9.11. The Labute approximate surface area is 109 Å². The molecule has 0 atom stereocenters. The van der Waals surface area contributed by atoms with Crippen LogP contribution in [0.5, 0.6) is 0 Å². The number of carboxylic acid groups (broad SMARTS) is 1. The van der Waals surface area contributed by atoms with Crippen molar-refractivity contribution in [1.82, 2.24) is 10.6 Å². The van der Waals surface area contributed by atoms with Gasteiger partial charge in [0.05, 0.1) is 12.0 Å². The van der Waals surface area contributed by atoms with Gasteiger partial charge in [0.1, 0.15) is 0 Å². The van der Waals surface area contributed by atoms with E-state index in [0.29, 0.717) is 23.9 Å². The number of urea groups is 1. The average molecular weight is 305 g/mol. The van der Waals surface area contributed by atoms with Crippen LogP contribution in [0.4, 0.5) is 4.79 Å². The van der Waals surface area contributed by atoms with Crippen LogP contribution in [0.15, 0.2) is 11.1 Å². The maximum absolute atomic E-state index is 11.4. The highest BCUT2D eigenvalue weighted by Crippen LogP contribution is 2.37. The first-order valence-electron chi connectivity index (χ1n) is 5.55. The number of nitrogens with one attached hydrogen (secondary N) is 2. The Morgan fingerprint density at radius 3 is 2.35 bits per heavy atom. The van der Waals surface area contributed by atoms with Crippen LogP contribution in [-0.2, 0) is 4.79 Å². The van der Waals surface area contributed by atoms with Gasteiger partial charge in [-0.05, 0) is 12.8 Å². The summed E-state index contributed by atoms with van der Waals surface area (Å²) in [7, 11) is 0. The van der Waals surface area contributed by atoms with Gasteiger partial charge in [0.2, 0.25) is 0 Å². The molecule has 2 amide bonds. The molecule has 1 fully saturated rings. The lowest BCUT2D eigenvalue weighted by Crippen LogP contribution is -2.45. The highest BCUT2D eigenvalue weighted by atomic mass is 79.9. The number of hydrogen-bond donors (Lipinski definition) is 3. The zero-order valence-corrected chi connectivity index (χ0v) is 11.2. The lowest BCUT2D eigenvalue weighted by atomic mass is 9.86. The van der Waals surface area contributed by atoms with Gasteiger partial charge in [-0.2, -0.15) is 0 Å². The second kappa shape index (κ2) is 6.05. The molecule has 6 heteroatoms. The van der Waals surface area contributed by atoms with Crippen molar-refractivity contribution in [3.63, 3.8) is 0 Å². The summed E-state index contributed by atoms with van der Waals surface area (Å²) in [6, 6.07) is -0.363. The monoisotopic (exact) mass is 304 g/mol. The van der Waals surface area contributed by atoms with E-state index in [2.05, 4.69) is 33.1 Å². The minimum absolute atomic E-state index is 0.183. The Kier molecular flexibility index (Phi) is 4.99. The second-order valence-corrected chi connectivity index (χ2v) is 5.47. The largest absolute Gasteiger partial charge is 0.481 e. The van der Waals surface area contributed by atoms with E-state index in [0.717, 1.165) is 12.8 Å². The Balaban J connectivity index is 2.40. The van der Waals surface area contributed by atoms with Crippen LogP contribution in [0.25, 0.3) is 0 Å². The molecule has 0 aromatic carbocycles. The van der Waals surface area contributed by atoms with Crippen molar-refractivity contribution in [3.8, 4) is 0 Å². The van der Waals surface area contributed by atoms with E-state index in [4.69, 9.17) is 0 Å². The fourth-order valence-electron chi connectivity index (χ4n) is 2.01. The summed E-state index contributed by atoms with van der Waals surface area (Å²) >= 11 is 3.12. The normalized spacial score (nSPS) is 17.5. The van der Waals surface area contributed by atoms with Gasteiger partial charge in [0.15, 0.2) is 0 Å². The van der Waals surface area contributed by atoms with Gasteiger partial charge in [-0.15, -0.1) is 0 Å². The van der Waals surface area contributed by atoms with Gasteiger partial charge in [0, 0.05) is 11.0 Å². The lowest BCUT2D eigenvalue weighted by molar-refractivity contribution is -0.148. The SMILES string of the molecule is C=C(Br)CNC(=O)NCC1(C(=O)O)CCCC1. The van der Waals surface area contributed by atoms with Crippen LogP contribution < -0.4 is 10.6 Å². The second-order valence-electron chi connectivity index (χ2n) is 4.35. The van der Waals surface area contributed by atoms with Gasteiger partial charge >= 0.3 is 12.0 Å². The van der Waals surface area contributed by atoms with Crippen LogP contribution in [-0.4, -0.2) is 30.2 Å². The van der Waals surface area contributed by atoms with E-state index in [1.807, 2.05) is 0 Å². The van der Waals surface area contributed by atoms with Crippen molar-refractivity contribution in [2.24, 2.45) is 5.41 Å². The zero-order chi connectivity index (χ0) is 12.9. The van der Waals surface area contributed by atoms with Crippen molar-refractivity contribution in [3.05, 3.63) is 11.1 Å². The predicted octanol–water partition coefficient (Wildman–Crippen LogP) is 1.84. The number of halogens is 1. The third-order valence-corrected chi connectivity index (χ3v) is 3.32. The molecule has 17 heavy (non-hydrogen) atoms. The third kappa shape index (κ3) is 4.03. The summed E-state index contributed by atoms with van der Waals surface area (Å²) in [5.74, 6) is -0.819. The molecule has 0 aromatic heterocycles. The first kappa shape index (κ1) is 14.0. The molecule has 3 N–H and O–H groups in total. The van der Waals surface area contributed by atoms with Crippen molar-refractivity contribution in [2.75, 3.05) is 13.1 Å². The van der Waals surface area contributed by atoms with Crippen LogP contribution in [0, 0.1) is 5.41 Å². The smallest absolute Gasteiger partial charge is 0.315 e. The van der Waals surface area contributed by atoms with Crippen molar-refractivity contribution >= 4 is 27.9 Å². The molecule has 0 aliphatic heterocycles. The molecule has 1 saturated carbocycles. The van der Waals surface area contributed by atoms with Crippen LogP contribution in [0.3, 0.4) is 0 Å². The number of aliphatic carboxylic acids is 1. The van der Waals surface area contributed by atoms with E-state index in [1.165, 1.54) is 0 Å². The molecule has 0 saturated heterocycles. The lowest BCUT2D eigenvalue weighted by Gasteiger charge is -2.23. The van der Waals surface area contributed by atoms with Gasteiger partial charge < -0.3 is 15.7 Å². The number of rotatable bonds is 5. The minimum atomic E-state index is -0.819. The van der Waals surface area contributed by atoms with E-state index in [-0.39, 0.29) is 12.6 Å². The maximum atomic E-state index is 11.4. The average Bonchev–Trinajstić information content (AvgIpc) is 2.73. The summed E-state index contributed by atoms with van der Waals surface area (Å²) in [5.41, 5.74) is -0.775. The Bertz CT molecular complexity index is 325. The molecule has 0 spiro atoms. The maximum Gasteiger partial charge on any atom is 0.315 e. The molecule has 0 bridgehead atoms. The quantitative estimate of drug-likeness (QED) is 0.725. The van der Waals surface area contributed by atoms with Crippen LogP contribution >= 0.6 is 15.9 Å². The van der Waals surface area contributed by atoms with Crippen LogP contribution in [0.2, 0.25) is 0 Å². The number of amides is 2. The van der Waals surface area contributed by atoms with Crippen LogP contribution in [0.1, 0.15) is 25.7 Å². The number of carbonyl (C=O) groups excluding carboxylic acids is 1. The molecule has 1 aliphatic carbocycles. The molecular formula is C11H17BrN2O3. The van der Waals surface area contributed by atoms with Crippen molar-refractivity contribution in [2.45, 2.75) is 25.7 Å². The summed E-state index contributed by atoms with van der Waals surface area (Å²) in [6.07, 6.45) is 3.09. The molecular weight excluding hydrogens is 288 g/mol. The molecule has 96 valence electrons. The minimum Gasteiger partial charge on any atom is -0.481 e. The number of hydrogen-bond acceptors (Lipinski definition) is 2. The topological polar surface area (TPSA) is 78.4 Å². The molecule has 1 aliphatic rings. The van der Waals surface area contributed by atoms with Crippen molar-refractivity contribution in [1.29, 1.82) is 0 Å². The Morgan fingerprint density at radius 2 is 1.88 bits per heavy atom. The van der Waals surface area contributed by atoms with Gasteiger partial charge in [-0.3, -0.25) is 4.79 Å². The summed E-state index contributed by atoms with van der Waals surface area (Å²) in [5, 5.41) is 14.4. The standard InChI is InChI=1S/C11H17BrN2O3/c1-8(12)6-13-10(17)14-7-11(9(15)16)4-2-3-5-11/h1-7H2,(H,15,16)(H2,13,14,17). The van der Waals surface area contributed by atoms with E-state index >= 15 is 0 Å². The van der Waals surface area contributed by atoms with E-state index in [9.17, 15) is 14.7 Å². The Hall–Kier alpha value is -1.04. The predicted molar refractivity (Wildman–Crippen MR) is 68.0 cm³/mol. The fraction of sp³-hybridized carbons (Fsp3) is 0.636. The molecule has 0 heterocycles. The Morgan fingerprint density at radius 1 is 1.29 bits per heavy atom. The molecule has 1 rings (SSSR count). The fourth-order valence-corrected chi connectivity index (χ4v) is 2.15. The van der Waals surface area contributed by atoms with E-state index < -0.39 is 11.4 Å².